The minimum absolute atomic E-state index is 0.0244. The maximum Gasteiger partial charge on any atom is 0.243 e. The van der Waals surface area contributed by atoms with Crippen LogP contribution in [-0.4, -0.2) is 57.1 Å². The molecule has 0 aliphatic carbocycles. The molecule has 0 aliphatic heterocycles. The average molecular weight is 587 g/mol. The lowest BCUT2D eigenvalue weighted by Crippen LogP contribution is -2.50. The Morgan fingerprint density at radius 2 is 1.71 bits per heavy atom. The Bertz CT molecular complexity index is 1190. The Hall–Kier alpha value is -2.49. The predicted octanol–water partition coefficient (Wildman–Crippen LogP) is 5.27. The van der Waals surface area contributed by atoms with Gasteiger partial charge in [-0.05, 0) is 62.1 Å². The summed E-state index contributed by atoms with van der Waals surface area (Å²) in [6.07, 6.45) is 2.60. The first-order chi connectivity index (χ1) is 17.9. The van der Waals surface area contributed by atoms with Crippen LogP contribution >= 0.6 is 23.2 Å². The predicted molar refractivity (Wildman–Crippen MR) is 153 cm³/mol. The topological polar surface area (TPSA) is 96.0 Å². The van der Waals surface area contributed by atoms with E-state index in [1.54, 1.807) is 29.2 Å². The minimum Gasteiger partial charge on any atom is -0.495 e. The normalized spacial score (nSPS) is 12.9. The molecule has 2 aromatic carbocycles. The molecule has 210 valence electrons. The van der Waals surface area contributed by atoms with Crippen LogP contribution in [0.4, 0.5) is 5.69 Å². The Kier molecular flexibility index (Phi) is 12.2. The molecule has 11 heteroatoms. The summed E-state index contributed by atoms with van der Waals surface area (Å²) in [5.74, 6) is -0.0275. The number of carbonyl (C=O) groups excluding carboxylic acids is 2. The molecule has 2 aromatic rings. The third kappa shape index (κ3) is 9.06. The summed E-state index contributed by atoms with van der Waals surface area (Å²) in [5, 5.41) is 3.83. The molecule has 8 nitrogen and oxygen atoms in total. The molecule has 0 heterocycles. The second-order valence-corrected chi connectivity index (χ2v) is 11.9. The number of rotatable bonds is 14. The number of nitrogens with zero attached hydrogens (tertiary/aromatic N) is 2. The molecular formula is C27H37Cl2N3O5S. The van der Waals surface area contributed by atoms with Crippen LogP contribution in [0.2, 0.25) is 10.0 Å². The van der Waals surface area contributed by atoms with Crippen LogP contribution in [0.1, 0.15) is 52.0 Å². The number of benzene rings is 2. The van der Waals surface area contributed by atoms with E-state index in [2.05, 4.69) is 5.32 Å². The summed E-state index contributed by atoms with van der Waals surface area (Å²) in [7, 11) is -2.17. The Morgan fingerprint density at radius 1 is 1.05 bits per heavy atom. The maximum atomic E-state index is 13.5. The van der Waals surface area contributed by atoms with Crippen LogP contribution in [0.5, 0.6) is 5.75 Å². The van der Waals surface area contributed by atoms with Gasteiger partial charge >= 0.3 is 0 Å². The zero-order chi connectivity index (χ0) is 28.5. The van der Waals surface area contributed by atoms with Crippen LogP contribution in [0.3, 0.4) is 0 Å². The SMILES string of the molecule is CCC(C)NC(=O)C(CC)N(Cc1ccc(Cl)cc1)C(=O)CCCN(c1ccc(OC)c(Cl)c1)S(C)(=O)=O. The van der Waals surface area contributed by atoms with Crippen molar-refractivity contribution in [3.05, 3.63) is 58.1 Å². The minimum atomic E-state index is -3.64. The van der Waals surface area contributed by atoms with Gasteiger partial charge in [0.1, 0.15) is 11.8 Å². The van der Waals surface area contributed by atoms with E-state index < -0.39 is 16.1 Å². The fraction of sp³-hybridized carbons (Fsp3) is 0.481. The van der Waals surface area contributed by atoms with E-state index in [-0.39, 0.29) is 48.8 Å². The first kappa shape index (κ1) is 31.7. The highest BCUT2D eigenvalue weighted by Crippen LogP contribution is 2.30. The van der Waals surface area contributed by atoms with Crippen molar-refractivity contribution in [2.24, 2.45) is 0 Å². The fourth-order valence-corrected chi connectivity index (χ4v) is 5.30. The second-order valence-electron chi connectivity index (χ2n) is 9.15. The number of methoxy groups -OCH3 is 1. The molecule has 2 atom stereocenters. The molecule has 2 unspecified atom stereocenters. The van der Waals surface area contributed by atoms with Gasteiger partial charge in [0.15, 0.2) is 0 Å². The number of nitrogens with one attached hydrogen (secondary N) is 1. The molecule has 0 radical (unpaired) electrons. The lowest BCUT2D eigenvalue weighted by molar-refractivity contribution is -0.141. The molecule has 1 N–H and O–H groups in total. The molecule has 2 rings (SSSR count). The largest absolute Gasteiger partial charge is 0.495 e. The van der Waals surface area contributed by atoms with E-state index in [1.807, 2.05) is 32.9 Å². The van der Waals surface area contributed by atoms with E-state index in [0.717, 1.165) is 18.2 Å². The van der Waals surface area contributed by atoms with Gasteiger partial charge in [0, 0.05) is 30.6 Å². The van der Waals surface area contributed by atoms with Crippen molar-refractivity contribution in [1.82, 2.24) is 10.2 Å². The van der Waals surface area contributed by atoms with Gasteiger partial charge in [-0.2, -0.15) is 0 Å². The van der Waals surface area contributed by atoms with Crippen molar-refractivity contribution >= 4 is 50.7 Å². The van der Waals surface area contributed by atoms with E-state index in [4.69, 9.17) is 27.9 Å². The molecule has 38 heavy (non-hydrogen) atoms. The van der Waals surface area contributed by atoms with Crippen molar-refractivity contribution in [1.29, 1.82) is 0 Å². The van der Waals surface area contributed by atoms with Crippen LogP contribution in [0.15, 0.2) is 42.5 Å². The summed E-state index contributed by atoms with van der Waals surface area (Å²) in [6, 6.07) is 11.1. The van der Waals surface area contributed by atoms with Crippen LogP contribution in [-0.2, 0) is 26.2 Å². The highest BCUT2D eigenvalue weighted by atomic mass is 35.5. The van der Waals surface area contributed by atoms with Crippen LogP contribution < -0.4 is 14.4 Å². The summed E-state index contributed by atoms with van der Waals surface area (Å²) in [6.45, 7) is 6.05. The Morgan fingerprint density at radius 3 is 2.24 bits per heavy atom. The van der Waals surface area contributed by atoms with Gasteiger partial charge in [-0.1, -0.05) is 49.2 Å². The smallest absolute Gasteiger partial charge is 0.243 e. The van der Waals surface area contributed by atoms with Crippen LogP contribution in [0.25, 0.3) is 0 Å². The lowest BCUT2D eigenvalue weighted by atomic mass is 10.1. The van der Waals surface area contributed by atoms with Crippen molar-refractivity contribution < 1.29 is 22.7 Å². The number of sulfonamides is 1. The maximum absolute atomic E-state index is 13.5. The molecular weight excluding hydrogens is 549 g/mol. The van der Waals surface area contributed by atoms with Gasteiger partial charge in [0.25, 0.3) is 0 Å². The molecule has 0 spiro atoms. The number of ether oxygens (including phenoxy) is 1. The first-order valence-electron chi connectivity index (χ1n) is 12.6. The number of amides is 2. The molecule has 0 bridgehead atoms. The Balaban J connectivity index is 2.24. The molecule has 0 saturated carbocycles. The van der Waals surface area contributed by atoms with Crippen molar-refractivity contribution in [3.8, 4) is 5.75 Å². The fourth-order valence-electron chi connectivity index (χ4n) is 3.96. The standard InChI is InChI=1S/C27H37Cl2N3O5S/c1-6-19(3)30-27(34)24(7-2)31(18-20-10-12-21(28)13-11-20)26(33)9-8-16-32(38(5,35)36)22-14-15-25(37-4)23(29)17-22/h10-15,17,19,24H,6-9,16,18H2,1-5H3,(H,30,34). The second kappa shape index (κ2) is 14.6. The third-order valence-corrected chi connectivity index (χ3v) is 7.97. The van der Waals surface area contributed by atoms with Crippen molar-refractivity contribution in [2.45, 2.75) is 65.1 Å². The number of hydrogen-bond donors (Lipinski definition) is 1. The molecule has 0 aromatic heterocycles. The van der Waals surface area contributed by atoms with Crippen molar-refractivity contribution in [2.75, 3.05) is 24.2 Å². The van der Waals surface area contributed by atoms with Gasteiger partial charge < -0.3 is 15.0 Å². The van der Waals surface area contributed by atoms with E-state index in [9.17, 15) is 18.0 Å². The zero-order valence-electron chi connectivity index (χ0n) is 22.5. The quantitative estimate of drug-likeness (QED) is 0.326. The van der Waals surface area contributed by atoms with Crippen LogP contribution in [0, 0.1) is 0 Å². The first-order valence-corrected chi connectivity index (χ1v) is 15.2. The molecule has 0 saturated heterocycles. The van der Waals surface area contributed by atoms with Gasteiger partial charge in [0.05, 0.1) is 24.1 Å². The molecule has 2 amide bonds. The summed E-state index contributed by atoms with van der Waals surface area (Å²) < 4.78 is 31.5. The number of halogens is 2. The molecule has 0 aliphatic rings. The monoisotopic (exact) mass is 585 g/mol. The lowest BCUT2D eigenvalue weighted by Gasteiger charge is -2.32. The summed E-state index contributed by atoms with van der Waals surface area (Å²) in [4.78, 5) is 28.1. The van der Waals surface area contributed by atoms with E-state index >= 15 is 0 Å². The van der Waals surface area contributed by atoms with Gasteiger partial charge in [-0.15, -0.1) is 0 Å². The van der Waals surface area contributed by atoms with Gasteiger partial charge in [-0.3, -0.25) is 13.9 Å². The third-order valence-electron chi connectivity index (χ3n) is 6.23. The highest BCUT2D eigenvalue weighted by Gasteiger charge is 2.29. The van der Waals surface area contributed by atoms with E-state index in [1.165, 1.54) is 17.5 Å². The summed E-state index contributed by atoms with van der Waals surface area (Å²) in [5.41, 5.74) is 1.21. The van der Waals surface area contributed by atoms with Crippen molar-refractivity contribution in [3.63, 3.8) is 0 Å². The average Bonchev–Trinajstić information content (AvgIpc) is 2.86. The number of carbonyl (C=O) groups is 2. The van der Waals surface area contributed by atoms with Gasteiger partial charge in [0.2, 0.25) is 21.8 Å². The number of anilines is 1. The Labute approximate surface area is 236 Å². The summed E-state index contributed by atoms with van der Waals surface area (Å²) >= 11 is 12.2. The van der Waals surface area contributed by atoms with E-state index in [0.29, 0.717) is 22.9 Å². The molecule has 0 fully saturated rings. The zero-order valence-corrected chi connectivity index (χ0v) is 24.9. The number of hydrogen-bond acceptors (Lipinski definition) is 5. The van der Waals surface area contributed by atoms with Gasteiger partial charge in [-0.25, -0.2) is 8.42 Å². The highest BCUT2D eigenvalue weighted by molar-refractivity contribution is 7.92.